The van der Waals surface area contributed by atoms with E-state index in [0.29, 0.717) is 5.75 Å². The highest BCUT2D eigenvalue weighted by Gasteiger charge is 2.15. The molecule has 0 fully saturated rings. The molecule has 12 heteroatoms. The largest absolute Gasteiger partial charge is 0.513 e. The lowest BCUT2D eigenvalue weighted by Gasteiger charge is -2.05. The fraction of sp³-hybridized carbons (Fsp3) is 0.200. The number of hydrogen-bond acceptors (Lipinski definition) is 10. The number of hydrogen-bond donors (Lipinski definition) is 0. The highest BCUT2D eigenvalue weighted by Crippen LogP contribution is 2.33. The number of nitrogens with zero attached hydrogens (tertiary/aromatic N) is 3. The van der Waals surface area contributed by atoms with Crippen LogP contribution in [-0.4, -0.2) is 35.1 Å². The summed E-state index contributed by atoms with van der Waals surface area (Å²) < 4.78 is 9.72. The molecule has 144 valence electrons. The molecule has 27 heavy (non-hydrogen) atoms. The van der Waals surface area contributed by atoms with Gasteiger partial charge in [0.2, 0.25) is 0 Å². The molecule has 0 heterocycles. The van der Waals surface area contributed by atoms with Crippen LogP contribution in [-0.2, 0) is 4.74 Å². The zero-order valence-electron chi connectivity index (χ0n) is 14.1. The van der Waals surface area contributed by atoms with Gasteiger partial charge in [-0.2, -0.15) is 0 Å². The average molecular weight is 413 g/mol. The van der Waals surface area contributed by atoms with E-state index in [1.54, 1.807) is 6.92 Å². The summed E-state index contributed by atoms with van der Waals surface area (Å²) in [5.41, 5.74) is -0.306. The van der Waals surface area contributed by atoms with E-state index < -0.39 is 16.0 Å². The maximum Gasteiger partial charge on any atom is 0.513 e. The van der Waals surface area contributed by atoms with Crippen LogP contribution in [0.4, 0.5) is 10.5 Å². The highest BCUT2D eigenvalue weighted by molar-refractivity contribution is 8.78. The van der Waals surface area contributed by atoms with Crippen LogP contribution < -0.4 is 4.74 Å². The molecule has 1 rings (SSSR count). The van der Waals surface area contributed by atoms with Crippen LogP contribution in [0.25, 0.3) is 0 Å². The molecular weight excluding hydrogens is 398 g/mol. The van der Waals surface area contributed by atoms with Crippen LogP contribution in [0, 0.1) is 20.2 Å². The van der Waals surface area contributed by atoms with Gasteiger partial charge in [0.1, 0.15) is 12.4 Å². The number of carbonyl (C=O) groups excluding carboxylic acids is 1. The molecule has 0 saturated heterocycles. The van der Waals surface area contributed by atoms with Crippen molar-refractivity contribution in [2.75, 3.05) is 12.4 Å². The molecule has 0 atom stereocenters. The monoisotopic (exact) mass is 413 g/mol. The van der Waals surface area contributed by atoms with Crippen molar-refractivity contribution in [3.8, 4) is 5.75 Å². The topological polar surface area (TPSA) is 134 Å². The van der Waals surface area contributed by atoms with Gasteiger partial charge in [-0.3, -0.25) is 25.2 Å². The number of rotatable bonds is 10. The molecule has 0 radical (unpaired) electrons. The zero-order chi connectivity index (χ0) is 20.2. The fourth-order valence-electron chi connectivity index (χ4n) is 1.54. The van der Waals surface area contributed by atoms with Gasteiger partial charge in [-0.05, 0) is 36.6 Å². The quantitative estimate of drug-likeness (QED) is 0.0807. The number of nitro benzene ring substituents is 1. The Hall–Kier alpha value is -2.86. The predicted molar refractivity (Wildman–Crippen MR) is 104 cm³/mol. The molecule has 0 aliphatic rings. The summed E-state index contributed by atoms with van der Waals surface area (Å²) in [6.07, 6.45) is 1.87. The van der Waals surface area contributed by atoms with Crippen LogP contribution in [0.3, 0.4) is 0 Å². The van der Waals surface area contributed by atoms with Crippen molar-refractivity contribution in [3.05, 3.63) is 67.4 Å². The molecule has 0 spiro atoms. The summed E-state index contributed by atoms with van der Waals surface area (Å²) in [5.74, 6) is 0.426. The number of allylic oxidation sites excluding steroid dienone is 2. The molecule has 0 aliphatic carbocycles. The summed E-state index contributed by atoms with van der Waals surface area (Å²) in [6, 6.07) is 4.94. The second-order valence-electron chi connectivity index (χ2n) is 4.46. The Morgan fingerprint density at radius 1 is 1.30 bits per heavy atom. The first-order valence-electron chi connectivity index (χ1n) is 7.25. The van der Waals surface area contributed by atoms with E-state index in [4.69, 9.17) is 9.47 Å². The number of aliphatic imine (C=N–C) groups is 1. The Morgan fingerprint density at radius 2 is 1.96 bits per heavy atom. The van der Waals surface area contributed by atoms with Gasteiger partial charge in [-0.15, -0.1) is 0 Å². The molecule has 0 saturated carbocycles. The zero-order valence-corrected chi connectivity index (χ0v) is 15.7. The van der Waals surface area contributed by atoms with Crippen LogP contribution in [0.2, 0.25) is 0 Å². The van der Waals surface area contributed by atoms with Crippen LogP contribution in [0.5, 0.6) is 5.75 Å². The highest BCUT2D eigenvalue weighted by atomic mass is 33.1. The minimum atomic E-state index is -0.966. The molecular formula is C15H15N3O7S2. The van der Waals surface area contributed by atoms with Gasteiger partial charge in [-0.1, -0.05) is 16.9 Å². The number of nitro groups is 2. The lowest BCUT2D eigenvalue weighted by atomic mass is 10.3. The number of carbonyl (C=O) groups is 1. The standard InChI is InChI=1S/C15H15N3O7S2/c1-3-4-13(18(22)23)14(16-2)27-26-10-9-24-15(19)25-12-7-5-11(6-8-12)17(20)21/h3-8H,2,9-10H2,1H3/b4-3-,14-13-. The SMILES string of the molecule is C=N/C(SSCCOC(=O)Oc1ccc([N+](=O)[O-])cc1)=C(\C=C/C)[N+](=O)[O-]. The molecule has 1 aromatic carbocycles. The Labute approximate surface area is 162 Å². The normalized spacial score (nSPS) is 11.6. The molecule has 0 N–H and O–H groups in total. The van der Waals surface area contributed by atoms with Gasteiger partial charge in [0.25, 0.3) is 5.69 Å². The minimum Gasteiger partial charge on any atom is -0.433 e. The van der Waals surface area contributed by atoms with E-state index >= 15 is 0 Å². The van der Waals surface area contributed by atoms with Gasteiger partial charge in [0.15, 0.2) is 5.03 Å². The first-order chi connectivity index (χ1) is 12.9. The van der Waals surface area contributed by atoms with Crippen molar-refractivity contribution < 1.29 is 24.1 Å². The van der Waals surface area contributed by atoms with Gasteiger partial charge in [0, 0.05) is 24.0 Å². The van der Waals surface area contributed by atoms with Gasteiger partial charge in [-0.25, -0.2) is 4.79 Å². The van der Waals surface area contributed by atoms with Crippen molar-refractivity contribution in [3.63, 3.8) is 0 Å². The summed E-state index contributed by atoms with van der Waals surface area (Å²) >= 11 is 0. The van der Waals surface area contributed by atoms with E-state index in [1.807, 2.05) is 0 Å². The van der Waals surface area contributed by atoms with Crippen molar-refractivity contribution in [2.24, 2.45) is 4.99 Å². The molecule has 0 aliphatic heterocycles. The molecule has 0 unspecified atom stereocenters. The first kappa shape index (κ1) is 22.2. The third kappa shape index (κ3) is 7.92. The van der Waals surface area contributed by atoms with Crippen molar-refractivity contribution >= 4 is 40.1 Å². The second-order valence-corrected chi connectivity index (χ2v) is 6.87. The van der Waals surface area contributed by atoms with E-state index in [0.717, 1.165) is 10.8 Å². The van der Waals surface area contributed by atoms with E-state index in [1.165, 1.54) is 47.2 Å². The Balaban J connectivity index is 2.41. The minimum absolute atomic E-state index is 0.00861. The molecule has 10 nitrogen and oxygen atoms in total. The molecule has 1 aromatic rings. The van der Waals surface area contributed by atoms with Crippen LogP contribution >= 0.6 is 21.6 Å². The Morgan fingerprint density at radius 3 is 2.48 bits per heavy atom. The summed E-state index contributed by atoms with van der Waals surface area (Å²) in [7, 11) is 2.23. The Kier molecular flexibility index (Phi) is 9.61. The fourth-order valence-corrected chi connectivity index (χ4v) is 3.37. The second kappa shape index (κ2) is 11.7. The lowest BCUT2D eigenvalue weighted by Crippen LogP contribution is -2.12. The van der Waals surface area contributed by atoms with Crippen LogP contribution in [0.15, 0.2) is 52.1 Å². The van der Waals surface area contributed by atoms with Gasteiger partial charge < -0.3 is 9.47 Å². The molecule has 0 aromatic heterocycles. The summed E-state index contributed by atoms with van der Waals surface area (Å²) in [6.45, 7) is 4.95. The third-order valence-electron chi connectivity index (χ3n) is 2.66. The van der Waals surface area contributed by atoms with Crippen LogP contribution in [0.1, 0.15) is 6.92 Å². The van der Waals surface area contributed by atoms with Crippen molar-refractivity contribution in [2.45, 2.75) is 6.92 Å². The first-order valence-corrected chi connectivity index (χ1v) is 9.57. The van der Waals surface area contributed by atoms with Gasteiger partial charge in [0.05, 0.1) is 9.85 Å². The van der Waals surface area contributed by atoms with Gasteiger partial charge >= 0.3 is 11.9 Å². The number of non-ortho nitro benzene ring substituents is 1. The smallest absolute Gasteiger partial charge is 0.433 e. The number of ether oxygens (including phenoxy) is 2. The Bertz CT molecular complexity index is 763. The third-order valence-corrected chi connectivity index (χ3v) is 4.93. The molecule has 0 bridgehead atoms. The van der Waals surface area contributed by atoms with Crippen molar-refractivity contribution in [1.82, 2.24) is 0 Å². The van der Waals surface area contributed by atoms with E-state index in [-0.39, 0.29) is 28.8 Å². The van der Waals surface area contributed by atoms with Crippen molar-refractivity contribution in [1.29, 1.82) is 0 Å². The maximum absolute atomic E-state index is 11.5. The van der Waals surface area contributed by atoms with E-state index in [9.17, 15) is 25.0 Å². The maximum atomic E-state index is 11.5. The summed E-state index contributed by atoms with van der Waals surface area (Å²) in [5, 5.41) is 21.6. The predicted octanol–water partition coefficient (Wildman–Crippen LogP) is 4.21. The average Bonchev–Trinajstić information content (AvgIpc) is 2.63. The number of benzene rings is 1. The van der Waals surface area contributed by atoms with E-state index in [2.05, 4.69) is 11.7 Å². The molecule has 0 amide bonds. The lowest BCUT2D eigenvalue weighted by molar-refractivity contribution is -0.419. The summed E-state index contributed by atoms with van der Waals surface area (Å²) in [4.78, 5) is 35.5.